The van der Waals surface area contributed by atoms with Gasteiger partial charge in [0.1, 0.15) is 0 Å². The molecule has 1 rings (SSSR count). The van der Waals surface area contributed by atoms with E-state index in [2.05, 4.69) is 63.7 Å². The molecule has 0 saturated carbocycles. The van der Waals surface area contributed by atoms with E-state index in [9.17, 15) is 9.59 Å². The van der Waals surface area contributed by atoms with E-state index in [-0.39, 0.29) is 18.3 Å². The van der Waals surface area contributed by atoms with E-state index in [4.69, 9.17) is 12.3 Å². The molecule has 0 amide bonds. The number of rotatable bonds is 10. The molecule has 1 aliphatic heterocycles. The molecule has 0 aromatic heterocycles. The van der Waals surface area contributed by atoms with Crippen molar-refractivity contribution < 1.29 is 26.7 Å². The lowest BCUT2D eigenvalue weighted by atomic mass is 10.0. The van der Waals surface area contributed by atoms with Crippen molar-refractivity contribution in [3.63, 3.8) is 0 Å². The molecule has 26 heavy (non-hydrogen) atoms. The Morgan fingerprint density at radius 3 is 1.85 bits per heavy atom. The monoisotopic (exact) mass is 436 g/mol. The number of hydrogen-bond acceptors (Lipinski definition) is 6. The Morgan fingerprint density at radius 1 is 0.885 bits per heavy atom. The van der Waals surface area contributed by atoms with Gasteiger partial charge in [0, 0.05) is 0 Å². The molecule has 6 nitrogen and oxygen atoms in total. The summed E-state index contributed by atoms with van der Waals surface area (Å²) in [7, 11) is -8.24. The number of cyclic esters (lactones) is 2. The van der Waals surface area contributed by atoms with Crippen LogP contribution in [0.1, 0.15) is 19.3 Å². The third kappa shape index (κ3) is 9.20. The van der Waals surface area contributed by atoms with Gasteiger partial charge in [0.2, 0.25) is 0 Å². The predicted octanol–water partition coefficient (Wildman–Crippen LogP) is 4.35. The maximum absolute atomic E-state index is 11.7. The van der Waals surface area contributed by atoms with Crippen molar-refractivity contribution in [3.05, 3.63) is 0 Å². The van der Waals surface area contributed by atoms with Gasteiger partial charge in [-0.05, 0) is 71.4 Å². The van der Waals surface area contributed by atoms with Crippen molar-refractivity contribution in [2.45, 2.75) is 84.2 Å². The summed E-state index contributed by atoms with van der Waals surface area (Å²) in [5.74, 6) is -1.11. The minimum absolute atomic E-state index is 0.200. The molecule has 1 saturated heterocycles. The molecule has 1 aliphatic rings. The zero-order chi connectivity index (χ0) is 20.4. The Morgan fingerprint density at radius 2 is 1.42 bits per heavy atom. The summed E-state index contributed by atoms with van der Waals surface area (Å²) in [6.45, 7) is 19.3. The first-order valence-corrected chi connectivity index (χ1v) is 21.5. The van der Waals surface area contributed by atoms with Crippen molar-refractivity contribution in [1.29, 1.82) is 0 Å². The number of hydrogen-bond donors (Lipinski definition) is 0. The predicted molar refractivity (Wildman–Crippen MR) is 112 cm³/mol. The Bertz CT molecular complexity index is 526. The van der Waals surface area contributed by atoms with Crippen LogP contribution in [0.3, 0.4) is 0 Å². The first kappa shape index (κ1) is 23.9. The van der Waals surface area contributed by atoms with Crippen LogP contribution in [0.2, 0.25) is 65.0 Å². The Balaban J connectivity index is 2.76. The van der Waals surface area contributed by atoms with Crippen LogP contribution < -0.4 is 0 Å². The molecule has 0 spiro atoms. The molecule has 0 bridgehead atoms. The third-order valence-corrected chi connectivity index (χ3v) is 17.2. The van der Waals surface area contributed by atoms with Crippen LogP contribution in [-0.4, -0.2) is 45.7 Å². The molecule has 0 aromatic carbocycles. The van der Waals surface area contributed by atoms with Gasteiger partial charge in [-0.2, -0.15) is 0 Å². The minimum atomic E-state index is -2.45. The van der Waals surface area contributed by atoms with Gasteiger partial charge < -0.3 is 17.1 Å². The van der Waals surface area contributed by atoms with Crippen molar-refractivity contribution >= 4 is 45.7 Å². The Kier molecular flexibility index (Phi) is 7.82. The van der Waals surface area contributed by atoms with Crippen LogP contribution in [0.25, 0.3) is 0 Å². The van der Waals surface area contributed by atoms with Gasteiger partial charge in [0.05, 0.1) is 12.3 Å². The Labute approximate surface area is 162 Å². The van der Waals surface area contributed by atoms with E-state index in [1.54, 1.807) is 0 Å². The molecule has 0 aliphatic carbocycles. The van der Waals surface area contributed by atoms with Gasteiger partial charge in [0.15, 0.2) is 16.6 Å². The number of carbonyl (C=O) groups excluding carboxylic acids is 2. The lowest BCUT2D eigenvalue weighted by molar-refractivity contribution is -0.153. The van der Waals surface area contributed by atoms with Crippen LogP contribution in [0.5, 0.6) is 0 Å². The van der Waals surface area contributed by atoms with E-state index < -0.39 is 39.7 Å². The van der Waals surface area contributed by atoms with Gasteiger partial charge in [-0.3, -0.25) is 9.59 Å². The topological polar surface area (TPSA) is 71.1 Å². The van der Waals surface area contributed by atoms with E-state index in [1.165, 1.54) is 0 Å². The van der Waals surface area contributed by atoms with Gasteiger partial charge in [-0.25, -0.2) is 0 Å². The smallest absolute Gasteiger partial charge is 0.317 e. The molecule has 0 aromatic rings. The summed E-state index contributed by atoms with van der Waals surface area (Å²) >= 11 is 0. The second-order valence-corrected chi connectivity index (χ2v) is 26.1. The standard InChI is InChI=1S/C16H36O6Si4/c1-23(2,3)20-25(7,8)22-26(9,21-24(4,5)6)12-10-11-14-13-15(17)19-16(14)18/h14H,10-13H2,1-9H3. The molecule has 0 N–H and O–H groups in total. The van der Waals surface area contributed by atoms with Gasteiger partial charge in [-0.15, -0.1) is 0 Å². The molecular weight excluding hydrogens is 401 g/mol. The highest BCUT2D eigenvalue weighted by Crippen LogP contribution is 2.30. The fraction of sp³-hybridized carbons (Fsp3) is 0.875. The minimum Gasteiger partial charge on any atom is -0.437 e. The van der Waals surface area contributed by atoms with Crippen molar-refractivity contribution in [2.24, 2.45) is 5.92 Å². The molecule has 2 unspecified atom stereocenters. The average Bonchev–Trinajstić information content (AvgIpc) is 2.60. The summed E-state index contributed by atoms with van der Waals surface area (Å²) in [6.07, 6.45) is 1.63. The van der Waals surface area contributed by atoms with E-state index >= 15 is 0 Å². The van der Waals surface area contributed by atoms with Crippen LogP contribution >= 0.6 is 0 Å². The molecule has 0 radical (unpaired) electrons. The first-order valence-electron chi connectivity index (χ1n) is 9.35. The number of ether oxygens (including phenoxy) is 1. The first-order chi connectivity index (χ1) is 11.5. The molecule has 1 heterocycles. The molecule has 10 heteroatoms. The van der Waals surface area contributed by atoms with Gasteiger partial charge in [-0.1, -0.05) is 6.42 Å². The molecule has 152 valence electrons. The quantitative estimate of drug-likeness (QED) is 0.288. The second-order valence-electron chi connectivity index (χ2n) is 9.65. The van der Waals surface area contributed by atoms with E-state index in [1.807, 2.05) is 0 Å². The average molecular weight is 437 g/mol. The number of esters is 2. The van der Waals surface area contributed by atoms with Crippen LogP contribution in [0.15, 0.2) is 0 Å². The highest BCUT2D eigenvalue weighted by atomic mass is 28.5. The third-order valence-electron chi connectivity index (χ3n) is 3.68. The zero-order valence-electron chi connectivity index (χ0n) is 17.9. The summed E-state index contributed by atoms with van der Waals surface area (Å²) in [5, 5.41) is 0. The van der Waals surface area contributed by atoms with Crippen LogP contribution in [0.4, 0.5) is 0 Å². The maximum Gasteiger partial charge on any atom is 0.317 e. The van der Waals surface area contributed by atoms with Crippen LogP contribution in [0, 0.1) is 5.92 Å². The highest BCUT2D eigenvalue weighted by molar-refractivity contribution is 6.89. The summed E-state index contributed by atoms with van der Waals surface area (Å²) < 4.78 is 24.1. The van der Waals surface area contributed by atoms with E-state index in [0.29, 0.717) is 6.42 Å². The van der Waals surface area contributed by atoms with Gasteiger partial charge in [0.25, 0.3) is 0 Å². The van der Waals surface area contributed by atoms with E-state index in [0.717, 1.165) is 12.5 Å². The molecule has 2 atom stereocenters. The lowest BCUT2D eigenvalue weighted by Gasteiger charge is -2.41. The number of carbonyl (C=O) groups is 2. The maximum atomic E-state index is 11.7. The lowest BCUT2D eigenvalue weighted by Crippen LogP contribution is -2.56. The zero-order valence-corrected chi connectivity index (χ0v) is 21.9. The highest BCUT2D eigenvalue weighted by Gasteiger charge is 2.44. The van der Waals surface area contributed by atoms with Gasteiger partial charge >= 0.3 is 29.1 Å². The van der Waals surface area contributed by atoms with Crippen molar-refractivity contribution in [1.82, 2.24) is 0 Å². The Hall–Kier alpha value is -0.112. The van der Waals surface area contributed by atoms with Crippen molar-refractivity contribution in [3.8, 4) is 0 Å². The SMILES string of the molecule is C[Si](C)(C)O[Si](C)(C)O[Si](C)(CCCC1CC(=O)OC1=O)O[Si](C)(C)C. The normalized spacial score (nSPS) is 21.7. The molecular formula is C16H36O6Si4. The largest absolute Gasteiger partial charge is 0.437 e. The summed E-state index contributed by atoms with van der Waals surface area (Å²) in [6, 6.07) is 0.792. The van der Waals surface area contributed by atoms with Crippen molar-refractivity contribution in [2.75, 3.05) is 0 Å². The van der Waals surface area contributed by atoms with Crippen LogP contribution in [-0.2, 0) is 26.7 Å². The fourth-order valence-corrected chi connectivity index (χ4v) is 21.4. The summed E-state index contributed by atoms with van der Waals surface area (Å²) in [5.41, 5.74) is 0. The summed E-state index contributed by atoms with van der Waals surface area (Å²) in [4.78, 5) is 22.9. The fourth-order valence-electron chi connectivity index (χ4n) is 3.46. The second kappa shape index (κ2) is 8.49. The molecule has 1 fully saturated rings.